The van der Waals surface area contributed by atoms with Gasteiger partial charge < -0.3 is 25.3 Å². The summed E-state index contributed by atoms with van der Waals surface area (Å²) in [5.41, 5.74) is -0.364. The summed E-state index contributed by atoms with van der Waals surface area (Å²) in [5, 5.41) is 39.1. The molecular formula is C21H27NO7. The van der Waals surface area contributed by atoms with Gasteiger partial charge in [-0.3, -0.25) is 4.79 Å². The van der Waals surface area contributed by atoms with E-state index in [-0.39, 0.29) is 6.54 Å². The smallest absolute Gasteiger partial charge is 0.339 e. The van der Waals surface area contributed by atoms with E-state index in [0.717, 1.165) is 30.4 Å². The molecule has 0 aliphatic carbocycles. The quantitative estimate of drug-likeness (QED) is 0.440. The number of carboxylic acids is 3. The molecule has 0 spiro atoms. The van der Waals surface area contributed by atoms with Gasteiger partial charge >= 0.3 is 17.9 Å². The molecule has 1 aromatic rings. The fourth-order valence-corrected chi connectivity index (χ4v) is 3.81. The summed E-state index contributed by atoms with van der Waals surface area (Å²) in [6, 6.07) is 7.43. The molecule has 2 rings (SSSR count). The zero-order valence-corrected chi connectivity index (χ0v) is 16.4. The van der Waals surface area contributed by atoms with Gasteiger partial charge in [-0.1, -0.05) is 43.7 Å². The fourth-order valence-electron chi connectivity index (χ4n) is 3.81. The molecule has 1 heterocycles. The highest BCUT2D eigenvalue weighted by molar-refractivity contribution is 5.91. The zero-order valence-electron chi connectivity index (χ0n) is 16.4. The molecule has 1 aliphatic rings. The second kappa shape index (κ2) is 9.56. The maximum Gasteiger partial charge on any atom is 0.339 e. The largest absolute Gasteiger partial charge is 0.481 e. The maximum absolute atomic E-state index is 12.1. The monoisotopic (exact) mass is 405 g/mol. The van der Waals surface area contributed by atoms with Gasteiger partial charge in [-0.05, 0) is 30.4 Å². The number of unbranched alkanes of at least 4 members (excludes halogenated alkanes) is 1. The van der Waals surface area contributed by atoms with Crippen molar-refractivity contribution in [1.29, 1.82) is 0 Å². The molecule has 0 saturated heterocycles. The Bertz CT molecular complexity index is 789. The molecule has 158 valence electrons. The molecule has 0 saturated carbocycles. The van der Waals surface area contributed by atoms with E-state index in [2.05, 4.69) is 0 Å². The van der Waals surface area contributed by atoms with Crippen molar-refractivity contribution in [3.63, 3.8) is 0 Å². The van der Waals surface area contributed by atoms with Crippen LogP contribution < -0.4 is 0 Å². The lowest BCUT2D eigenvalue weighted by molar-refractivity contribution is -0.179. The lowest BCUT2D eigenvalue weighted by Crippen LogP contribution is -2.61. The van der Waals surface area contributed by atoms with Crippen molar-refractivity contribution in [1.82, 2.24) is 4.90 Å². The lowest BCUT2D eigenvalue weighted by Gasteiger charge is -2.37. The Balaban J connectivity index is 2.50. The van der Waals surface area contributed by atoms with Gasteiger partial charge in [0.1, 0.15) is 0 Å². The van der Waals surface area contributed by atoms with Gasteiger partial charge in [0.25, 0.3) is 0 Å². The minimum absolute atomic E-state index is 0.216. The molecule has 29 heavy (non-hydrogen) atoms. The number of carboxylic acid groups (broad SMARTS) is 3. The molecule has 8 heteroatoms. The molecule has 0 aromatic heterocycles. The maximum atomic E-state index is 12.1. The molecule has 0 fully saturated rings. The fraction of sp³-hybridized carbons (Fsp3) is 0.476. The number of benzene rings is 1. The number of nitrogens with zero attached hydrogens (tertiary/aromatic N) is 1. The SMILES string of the molecule is CCCCC1=C(Cc2ccccc2)N(C(C(=O)O)C(O)(CC(=O)O)C(=O)O)CC1. The van der Waals surface area contributed by atoms with Crippen molar-refractivity contribution < 1.29 is 34.8 Å². The van der Waals surface area contributed by atoms with Crippen molar-refractivity contribution in [3.8, 4) is 0 Å². The van der Waals surface area contributed by atoms with E-state index in [0.29, 0.717) is 18.5 Å². The Morgan fingerprint density at radius 2 is 1.79 bits per heavy atom. The molecular weight excluding hydrogens is 378 g/mol. The van der Waals surface area contributed by atoms with Crippen LogP contribution in [0.2, 0.25) is 0 Å². The van der Waals surface area contributed by atoms with Crippen LogP contribution in [-0.2, 0) is 20.8 Å². The lowest BCUT2D eigenvalue weighted by atomic mass is 9.88. The summed E-state index contributed by atoms with van der Waals surface area (Å²) < 4.78 is 0. The predicted octanol–water partition coefficient (Wildman–Crippen LogP) is 2.12. The van der Waals surface area contributed by atoms with Gasteiger partial charge in [-0.15, -0.1) is 0 Å². The molecule has 0 amide bonds. The summed E-state index contributed by atoms with van der Waals surface area (Å²) in [4.78, 5) is 36.4. The van der Waals surface area contributed by atoms with Gasteiger partial charge in [0, 0.05) is 18.7 Å². The predicted molar refractivity (Wildman–Crippen MR) is 104 cm³/mol. The van der Waals surface area contributed by atoms with E-state index in [1.54, 1.807) is 0 Å². The first-order chi connectivity index (χ1) is 13.7. The summed E-state index contributed by atoms with van der Waals surface area (Å²) in [5.74, 6) is -5.02. The molecule has 1 aromatic carbocycles. The van der Waals surface area contributed by atoms with Crippen LogP contribution in [0.25, 0.3) is 0 Å². The normalized spacial score (nSPS) is 17.1. The van der Waals surface area contributed by atoms with Gasteiger partial charge in [0.15, 0.2) is 6.04 Å². The molecule has 2 atom stereocenters. The van der Waals surface area contributed by atoms with Gasteiger partial charge in [0.2, 0.25) is 5.60 Å². The standard InChI is InChI=1S/C21H27NO7/c1-2-3-9-15-10-11-22(16(15)12-14-7-5-4-6-8-14)18(19(25)26)21(29,20(27)28)13-17(23)24/h4-8,18,29H,2-3,9-13H2,1H3,(H,23,24)(H,25,26)(H,27,28). The third-order valence-corrected chi connectivity index (χ3v) is 5.24. The van der Waals surface area contributed by atoms with Crippen LogP contribution in [0.15, 0.2) is 41.6 Å². The second-order valence-corrected chi connectivity index (χ2v) is 7.30. The first-order valence-electron chi connectivity index (χ1n) is 9.62. The summed E-state index contributed by atoms with van der Waals surface area (Å²) in [7, 11) is 0. The number of aliphatic carboxylic acids is 3. The van der Waals surface area contributed by atoms with Crippen LogP contribution in [0.5, 0.6) is 0 Å². The van der Waals surface area contributed by atoms with E-state index >= 15 is 0 Å². The van der Waals surface area contributed by atoms with E-state index < -0.39 is 36.0 Å². The van der Waals surface area contributed by atoms with E-state index in [1.165, 1.54) is 4.90 Å². The highest BCUT2D eigenvalue weighted by Crippen LogP contribution is 2.35. The minimum atomic E-state index is -2.96. The van der Waals surface area contributed by atoms with Crippen LogP contribution in [0.1, 0.15) is 44.6 Å². The number of aliphatic hydroxyl groups is 1. The van der Waals surface area contributed by atoms with E-state index in [4.69, 9.17) is 5.11 Å². The molecule has 1 aliphatic heterocycles. The van der Waals surface area contributed by atoms with Gasteiger partial charge in [0.05, 0.1) is 6.42 Å². The number of hydrogen-bond donors (Lipinski definition) is 4. The highest BCUT2D eigenvalue weighted by atomic mass is 16.4. The van der Waals surface area contributed by atoms with Crippen molar-refractivity contribution in [3.05, 3.63) is 47.2 Å². The van der Waals surface area contributed by atoms with Crippen LogP contribution in [0.4, 0.5) is 0 Å². The Kier molecular flexibility index (Phi) is 7.39. The third kappa shape index (κ3) is 5.14. The minimum Gasteiger partial charge on any atom is -0.481 e. The average molecular weight is 405 g/mol. The van der Waals surface area contributed by atoms with E-state index in [9.17, 15) is 29.7 Å². The molecule has 0 bridgehead atoms. The van der Waals surface area contributed by atoms with Gasteiger partial charge in [-0.2, -0.15) is 0 Å². The molecule has 8 nitrogen and oxygen atoms in total. The first kappa shape index (κ1) is 22.4. The van der Waals surface area contributed by atoms with E-state index in [1.807, 2.05) is 37.3 Å². The Morgan fingerprint density at radius 1 is 1.14 bits per heavy atom. The first-order valence-corrected chi connectivity index (χ1v) is 9.62. The molecule has 0 radical (unpaired) electrons. The van der Waals surface area contributed by atoms with Crippen LogP contribution in [0, 0.1) is 0 Å². The van der Waals surface area contributed by atoms with Crippen molar-refractivity contribution in [2.75, 3.05) is 6.54 Å². The summed E-state index contributed by atoms with van der Waals surface area (Å²) in [6.07, 6.45) is 2.31. The molecule has 4 N–H and O–H groups in total. The van der Waals surface area contributed by atoms with Gasteiger partial charge in [-0.25, -0.2) is 9.59 Å². The Morgan fingerprint density at radius 3 is 2.31 bits per heavy atom. The van der Waals surface area contributed by atoms with Crippen molar-refractivity contribution in [2.24, 2.45) is 0 Å². The van der Waals surface area contributed by atoms with Crippen molar-refractivity contribution >= 4 is 17.9 Å². The van der Waals surface area contributed by atoms with Crippen LogP contribution >= 0.6 is 0 Å². The number of hydrogen-bond acceptors (Lipinski definition) is 5. The number of allylic oxidation sites excluding steroid dienone is 1. The zero-order chi connectivity index (χ0) is 21.6. The topological polar surface area (TPSA) is 135 Å². The average Bonchev–Trinajstić information content (AvgIpc) is 3.02. The number of rotatable bonds is 11. The highest BCUT2D eigenvalue weighted by Gasteiger charge is 2.54. The second-order valence-electron chi connectivity index (χ2n) is 7.30. The third-order valence-electron chi connectivity index (χ3n) is 5.24. The van der Waals surface area contributed by atoms with Crippen LogP contribution in [0.3, 0.4) is 0 Å². The summed E-state index contributed by atoms with van der Waals surface area (Å²) >= 11 is 0. The Hall–Kier alpha value is -2.87. The van der Waals surface area contributed by atoms with Crippen molar-refractivity contribution in [2.45, 2.75) is 57.1 Å². The van der Waals surface area contributed by atoms with Crippen LogP contribution in [-0.4, -0.2) is 61.4 Å². The number of carbonyl (C=O) groups is 3. The Labute approximate surface area is 169 Å². The molecule has 2 unspecified atom stereocenters. The summed E-state index contributed by atoms with van der Waals surface area (Å²) in [6.45, 7) is 2.26.